The number of ether oxygens (including phenoxy) is 3. The van der Waals surface area contributed by atoms with Crippen LogP contribution in [-0.4, -0.2) is 32.3 Å². The van der Waals surface area contributed by atoms with E-state index in [0.717, 1.165) is 17.1 Å². The van der Waals surface area contributed by atoms with Crippen LogP contribution in [0.2, 0.25) is 0 Å². The second-order valence-electron chi connectivity index (χ2n) is 5.41. The third kappa shape index (κ3) is 5.93. The number of methoxy groups -OCH3 is 2. The summed E-state index contributed by atoms with van der Waals surface area (Å²) >= 11 is 0. The van der Waals surface area contributed by atoms with Gasteiger partial charge in [0.15, 0.2) is 0 Å². The van der Waals surface area contributed by atoms with Crippen LogP contribution in [-0.2, 0) is 16.1 Å². The van der Waals surface area contributed by atoms with E-state index in [4.69, 9.17) is 14.2 Å². The van der Waals surface area contributed by atoms with Gasteiger partial charge in [0.2, 0.25) is 0 Å². The summed E-state index contributed by atoms with van der Waals surface area (Å²) in [6.07, 6.45) is 0. The molecule has 0 aliphatic heterocycles. The number of esters is 1. The minimum absolute atomic E-state index is 0.163. The van der Waals surface area contributed by atoms with E-state index in [-0.39, 0.29) is 12.5 Å². The van der Waals surface area contributed by atoms with Crippen LogP contribution in [0.5, 0.6) is 11.5 Å². The quantitative estimate of drug-likeness (QED) is 0.810. The van der Waals surface area contributed by atoms with E-state index >= 15 is 0 Å². The van der Waals surface area contributed by atoms with Gasteiger partial charge in [0.05, 0.1) is 20.8 Å². The molecule has 1 aromatic rings. The fourth-order valence-electron chi connectivity index (χ4n) is 1.65. The Morgan fingerprint density at radius 2 is 1.65 bits per heavy atom. The second-order valence-corrected chi connectivity index (χ2v) is 5.41. The minimum atomic E-state index is -0.460. The van der Waals surface area contributed by atoms with Gasteiger partial charge in [-0.15, -0.1) is 0 Å². The Balaban J connectivity index is 2.51. The van der Waals surface area contributed by atoms with Gasteiger partial charge in [-0.2, -0.15) is 0 Å². The molecule has 5 heteroatoms. The molecule has 0 amide bonds. The summed E-state index contributed by atoms with van der Waals surface area (Å²) in [7, 11) is 3.21. The highest BCUT2D eigenvalue weighted by Gasteiger charge is 2.15. The average Bonchev–Trinajstić information content (AvgIpc) is 2.36. The molecule has 0 saturated heterocycles. The molecule has 1 aromatic carbocycles. The highest BCUT2D eigenvalue weighted by Crippen LogP contribution is 2.22. The van der Waals surface area contributed by atoms with Gasteiger partial charge in [-0.25, -0.2) is 0 Å². The first-order valence-corrected chi connectivity index (χ1v) is 6.48. The standard InChI is InChI=1S/C15H23NO4/c1-15(2,3)20-14(17)10-16-9-11-6-12(18-4)8-13(7-11)19-5/h6-8,16H,9-10H2,1-5H3. The molecule has 0 spiro atoms. The third-order valence-corrected chi connectivity index (χ3v) is 2.43. The molecule has 0 aliphatic carbocycles. The Morgan fingerprint density at radius 3 is 2.10 bits per heavy atom. The summed E-state index contributed by atoms with van der Waals surface area (Å²) < 4.78 is 15.6. The highest BCUT2D eigenvalue weighted by atomic mass is 16.6. The van der Waals surface area contributed by atoms with Crippen LogP contribution in [0.4, 0.5) is 0 Å². The van der Waals surface area contributed by atoms with Gasteiger partial charge in [0, 0.05) is 12.6 Å². The molecule has 0 aliphatic rings. The molecule has 0 heterocycles. The number of nitrogens with one attached hydrogen (secondary N) is 1. The van der Waals surface area contributed by atoms with Gasteiger partial charge in [-0.3, -0.25) is 4.79 Å². The number of benzene rings is 1. The number of rotatable bonds is 6. The molecule has 1 rings (SSSR count). The molecule has 0 saturated carbocycles. The molecule has 0 aromatic heterocycles. The van der Waals surface area contributed by atoms with Crippen molar-refractivity contribution in [2.75, 3.05) is 20.8 Å². The van der Waals surface area contributed by atoms with Crippen LogP contribution in [0, 0.1) is 0 Å². The maximum atomic E-state index is 11.6. The lowest BCUT2D eigenvalue weighted by Gasteiger charge is -2.19. The monoisotopic (exact) mass is 281 g/mol. The summed E-state index contributed by atoms with van der Waals surface area (Å²) in [6.45, 7) is 6.23. The van der Waals surface area contributed by atoms with Crippen LogP contribution in [0.3, 0.4) is 0 Å². The van der Waals surface area contributed by atoms with E-state index in [0.29, 0.717) is 6.54 Å². The molecule has 20 heavy (non-hydrogen) atoms. The van der Waals surface area contributed by atoms with Crippen molar-refractivity contribution in [3.8, 4) is 11.5 Å². The normalized spacial score (nSPS) is 11.1. The third-order valence-electron chi connectivity index (χ3n) is 2.43. The minimum Gasteiger partial charge on any atom is -0.497 e. The van der Waals surface area contributed by atoms with Gasteiger partial charge in [-0.05, 0) is 38.5 Å². The lowest BCUT2D eigenvalue weighted by molar-refractivity contribution is -0.153. The van der Waals surface area contributed by atoms with Gasteiger partial charge >= 0.3 is 5.97 Å². The maximum Gasteiger partial charge on any atom is 0.320 e. The Bertz CT molecular complexity index is 429. The Hall–Kier alpha value is -1.75. The van der Waals surface area contributed by atoms with Gasteiger partial charge < -0.3 is 19.5 Å². The zero-order valence-corrected chi connectivity index (χ0v) is 12.8. The van der Waals surface area contributed by atoms with E-state index in [1.165, 1.54) is 0 Å². The molecule has 1 N–H and O–H groups in total. The lowest BCUT2D eigenvalue weighted by Crippen LogP contribution is -2.31. The van der Waals surface area contributed by atoms with E-state index < -0.39 is 5.60 Å². The molecule has 0 unspecified atom stereocenters. The lowest BCUT2D eigenvalue weighted by atomic mass is 10.2. The van der Waals surface area contributed by atoms with E-state index in [2.05, 4.69) is 5.32 Å². The Morgan fingerprint density at radius 1 is 1.10 bits per heavy atom. The summed E-state index contributed by atoms with van der Waals surface area (Å²) in [5.74, 6) is 1.17. The van der Waals surface area contributed by atoms with Crippen molar-refractivity contribution in [1.82, 2.24) is 5.32 Å². The largest absolute Gasteiger partial charge is 0.497 e. The van der Waals surface area contributed by atoms with Gasteiger partial charge in [-0.1, -0.05) is 0 Å². The van der Waals surface area contributed by atoms with Crippen LogP contribution < -0.4 is 14.8 Å². The number of carbonyl (C=O) groups excluding carboxylic acids is 1. The fourth-order valence-corrected chi connectivity index (χ4v) is 1.65. The van der Waals surface area contributed by atoms with Crippen LogP contribution >= 0.6 is 0 Å². The number of carbonyl (C=O) groups is 1. The van der Waals surface area contributed by atoms with Crippen LogP contribution in [0.25, 0.3) is 0 Å². The summed E-state index contributed by atoms with van der Waals surface area (Å²) in [6, 6.07) is 5.59. The maximum absolute atomic E-state index is 11.6. The van der Waals surface area contributed by atoms with Gasteiger partial charge in [0.1, 0.15) is 17.1 Å². The first kappa shape index (κ1) is 16.3. The topological polar surface area (TPSA) is 56.8 Å². The fraction of sp³-hybridized carbons (Fsp3) is 0.533. The van der Waals surface area contributed by atoms with Crippen LogP contribution in [0.15, 0.2) is 18.2 Å². The van der Waals surface area contributed by atoms with E-state index in [1.807, 2.05) is 32.9 Å². The molecular formula is C15H23NO4. The zero-order chi connectivity index (χ0) is 15.2. The smallest absolute Gasteiger partial charge is 0.320 e. The molecule has 0 fully saturated rings. The average molecular weight is 281 g/mol. The predicted molar refractivity (Wildman–Crippen MR) is 77.1 cm³/mol. The Labute approximate surface area is 120 Å². The second kappa shape index (κ2) is 7.14. The number of hydrogen-bond acceptors (Lipinski definition) is 5. The van der Waals surface area contributed by atoms with Crippen molar-refractivity contribution in [2.24, 2.45) is 0 Å². The zero-order valence-electron chi connectivity index (χ0n) is 12.8. The molecular weight excluding hydrogens is 258 g/mol. The van der Waals surface area contributed by atoms with Crippen molar-refractivity contribution in [2.45, 2.75) is 32.9 Å². The van der Waals surface area contributed by atoms with Crippen LogP contribution in [0.1, 0.15) is 26.3 Å². The first-order chi connectivity index (χ1) is 9.34. The first-order valence-electron chi connectivity index (χ1n) is 6.48. The molecule has 0 bridgehead atoms. The summed E-state index contributed by atoms with van der Waals surface area (Å²) in [4.78, 5) is 11.6. The van der Waals surface area contributed by atoms with Crippen molar-refractivity contribution >= 4 is 5.97 Å². The van der Waals surface area contributed by atoms with Crippen molar-refractivity contribution < 1.29 is 19.0 Å². The highest BCUT2D eigenvalue weighted by molar-refractivity contribution is 5.72. The molecule has 0 radical (unpaired) electrons. The number of hydrogen-bond donors (Lipinski definition) is 1. The van der Waals surface area contributed by atoms with E-state index in [9.17, 15) is 4.79 Å². The SMILES string of the molecule is COc1cc(CNCC(=O)OC(C)(C)C)cc(OC)c1. The van der Waals surface area contributed by atoms with Crippen molar-refractivity contribution in [3.05, 3.63) is 23.8 Å². The van der Waals surface area contributed by atoms with Gasteiger partial charge in [0.25, 0.3) is 0 Å². The molecule has 0 atom stereocenters. The molecule has 112 valence electrons. The van der Waals surface area contributed by atoms with Crippen molar-refractivity contribution in [1.29, 1.82) is 0 Å². The van der Waals surface area contributed by atoms with E-state index in [1.54, 1.807) is 20.3 Å². The summed E-state index contributed by atoms with van der Waals surface area (Å²) in [5.41, 5.74) is 0.516. The van der Waals surface area contributed by atoms with Crippen molar-refractivity contribution in [3.63, 3.8) is 0 Å². The summed E-state index contributed by atoms with van der Waals surface area (Å²) in [5, 5.41) is 3.04. The predicted octanol–water partition coefficient (Wildman–Crippen LogP) is 2.14. The Kier molecular flexibility index (Phi) is 5.82. The molecule has 5 nitrogen and oxygen atoms in total.